The number of morpholine rings is 1. The van der Waals surface area contributed by atoms with Gasteiger partial charge in [-0.25, -0.2) is 8.42 Å². The number of carbonyl (C=O) groups excluding carboxylic acids is 1. The number of amides is 1. The van der Waals surface area contributed by atoms with Crippen LogP contribution in [0.15, 0.2) is 52.2 Å². The van der Waals surface area contributed by atoms with E-state index in [0.717, 1.165) is 27.6 Å². The van der Waals surface area contributed by atoms with E-state index in [4.69, 9.17) is 4.74 Å². The number of sulfonamides is 1. The van der Waals surface area contributed by atoms with E-state index in [-0.39, 0.29) is 29.3 Å². The molecule has 1 aliphatic rings. The summed E-state index contributed by atoms with van der Waals surface area (Å²) in [6.07, 6.45) is 0.110. The van der Waals surface area contributed by atoms with Gasteiger partial charge in [0.1, 0.15) is 0 Å². The van der Waals surface area contributed by atoms with Crippen molar-refractivity contribution in [2.45, 2.75) is 38.6 Å². The van der Waals surface area contributed by atoms with Crippen molar-refractivity contribution in [1.82, 2.24) is 8.87 Å². The van der Waals surface area contributed by atoms with E-state index in [1.54, 1.807) is 22.8 Å². The van der Waals surface area contributed by atoms with Gasteiger partial charge in [-0.05, 0) is 62.2 Å². The lowest BCUT2D eigenvalue weighted by Crippen LogP contribution is -2.40. The predicted molar refractivity (Wildman–Crippen MR) is 132 cm³/mol. The fourth-order valence-corrected chi connectivity index (χ4v) is 5.78. The molecule has 0 radical (unpaired) electrons. The van der Waals surface area contributed by atoms with Gasteiger partial charge in [-0.15, -0.1) is 0 Å². The molecule has 0 unspecified atom stereocenters. The van der Waals surface area contributed by atoms with Crippen LogP contribution in [-0.2, 0) is 26.1 Å². The van der Waals surface area contributed by atoms with Crippen LogP contribution in [0.2, 0.25) is 0 Å². The van der Waals surface area contributed by atoms with Crippen LogP contribution in [-0.4, -0.2) is 49.5 Å². The molecule has 1 amide bonds. The molecule has 1 fully saturated rings. The van der Waals surface area contributed by atoms with Crippen molar-refractivity contribution in [3.05, 3.63) is 69.5 Å². The van der Waals surface area contributed by atoms with Gasteiger partial charge in [0.05, 0.1) is 23.6 Å². The number of ether oxygens (including phenoxy) is 1. The molecular weight excluding hydrogens is 454 g/mol. The molecule has 34 heavy (non-hydrogen) atoms. The number of fused-ring (bicyclic) bond motifs is 1. The van der Waals surface area contributed by atoms with Gasteiger partial charge in [0, 0.05) is 43.2 Å². The summed E-state index contributed by atoms with van der Waals surface area (Å²) in [5.41, 5.74) is 4.24. The number of benzene rings is 2. The average Bonchev–Trinajstić information content (AvgIpc) is 2.80. The van der Waals surface area contributed by atoms with Crippen molar-refractivity contribution in [2.24, 2.45) is 0 Å². The molecule has 8 nitrogen and oxygen atoms in total. The van der Waals surface area contributed by atoms with Crippen molar-refractivity contribution in [3.63, 3.8) is 0 Å². The van der Waals surface area contributed by atoms with Gasteiger partial charge in [-0.3, -0.25) is 9.59 Å². The lowest BCUT2D eigenvalue weighted by atomic mass is 10.0. The van der Waals surface area contributed by atoms with Crippen molar-refractivity contribution in [2.75, 3.05) is 31.6 Å². The molecular formula is C25H29N3O5S. The Morgan fingerprint density at radius 3 is 2.35 bits per heavy atom. The summed E-state index contributed by atoms with van der Waals surface area (Å²) in [7, 11) is -3.59. The number of nitrogens with zero attached hydrogens (tertiary/aromatic N) is 2. The summed E-state index contributed by atoms with van der Waals surface area (Å²) in [5.74, 6) is -0.255. The van der Waals surface area contributed by atoms with E-state index in [0.29, 0.717) is 32.0 Å². The second kappa shape index (κ2) is 9.69. The Balaban J connectivity index is 1.46. The Kier molecular flexibility index (Phi) is 6.88. The normalized spacial score (nSPS) is 14.9. The van der Waals surface area contributed by atoms with Crippen LogP contribution in [0, 0.1) is 20.8 Å². The molecule has 0 saturated carbocycles. The van der Waals surface area contributed by atoms with Gasteiger partial charge in [0.25, 0.3) is 5.56 Å². The third-order valence-corrected chi connectivity index (χ3v) is 7.97. The topological polar surface area (TPSA) is 97.7 Å². The number of hydrogen-bond acceptors (Lipinski definition) is 5. The van der Waals surface area contributed by atoms with Gasteiger partial charge < -0.3 is 14.6 Å². The van der Waals surface area contributed by atoms with Crippen molar-refractivity contribution >= 4 is 32.5 Å². The van der Waals surface area contributed by atoms with E-state index in [1.807, 2.05) is 26.8 Å². The van der Waals surface area contributed by atoms with Crippen molar-refractivity contribution in [1.29, 1.82) is 0 Å². The summed E-state index contributed by atoms with van der Waals surface area (Å²) in [4.78, 5) is 25.5. The van der Waals surface area contributed by atoms with E-state index in [2.05, 4.69) is 11.4 Å². The zero-order chi connectivity index (χ0) is 24.5. The molecule has 0 spiro atoms. The molecule has 3 aromatic rings. The zero-order valence-electron chi connectivity index (χ0n) is 19.6. The van der Waals surface area contributed by atoms with Crippen LogP contribution in [0.1, 0.15) is 23.1 Å². The highest BCUT2D eigenvalue weighted by Crippen LogP contribution is 2.23. The predicted octanol–water partition coefficient (Wildman–Crippen LogP) is 2.98. The smallest absolute Gasteiger partial charge is 0.251 e. The minimum Gasteiger partial charge on any atom is -0.379 e. The molecule has 0 atom stereocenters. The van der Waals surface area contributed by atoms with Crippen LogP contribution >= 0.6 is 0 Å². The standard InChI is InChI=1S/C25H29N3O5S/c1-17-14-19(3)25-22(15-17)18(2)16-24(30)28(25)9-8-23(29)26-20-4-6-21(7-5-20)34(31,32)27-10-12-33-13-11-27/h4-7,14-16H,8-13H2,1-3H3,(H,26,29). The van der Waals surface area contributed by atoms with Gasteiger partial charge in [0.2, 0.25) is 15.9 Å². The molecule has 0 aliphatic carbocycles. The molecule has 180 valence electrons. The van der Waals surface area contributed by atoms with Gasteiger partial charge in [-0.1, -0.05) is 11.6 Å². The summed E-state index contributed by atoms with van der Waals surface area (Å²) in [5, 5.41) is 3.80. The largest absolute Gasteiger partial charge is 0.379 e. The maximum Gasteiger partial charge on any atom is 0.251 e. The monoisotopic (exact) mass is 483 g/mol. The lowest BCUT2D eigenvalue weighted by Gasteiger charge is -2.26. The third-order valence-electron chi connectivity index (χ3n) is 6.05. The molecule has 0 bridgehead atoms. The maximum atomic E-state index is 12.7. The lowest BCUT2D eigenvalue weighted by molar-refractivity contribution is -0.116. The zero-order valence-corrected chi connectivity index (χ0v) is 20.4. The molecule has 9 heteroatoms. The highest BCUT2D eigenvalue weighted by atomic mass is 32.2. The number of pyridine rings is 1. The molecule has 2 aromatic carbocycles. The number of carbonyl (C=O) groups is 1. The van der Waals surface area contributed by atoms with Crippen molar-refractivity contribution < 1.29 is 17.9 Å². The Hall–Kier alpha value is -3.01. The number of aryl methyl sites for hydroxylation is 4. The van der Waals surface area contributed by atoms with E-state index in [1.165, 1.54) is 16.4 Å². The fourth-order valence-electron chi connectivity index (χ4n) is 4.38. The Labute approximate surface area is 199 Å². The molecule has 1 aliphatic heterocycles. The minimum absolute atomic E-state index is 0.110. The summed E-state index contributed by atoms with van der Waals surface area (Å²) in [6.45, 7) is 7.57. The Morgan fingerprint density at radius 2 is 1.68 bits per heavy atom. The van der Waals surface area contributed by atoms with Gasteiger partial charge in [0.15, 0.2) is 0 Å². The maximum absolute atomic E-state index is 12.7. The Bertz CT molecular complexity index is 1390. The average molecular weight is 484 g/mol. The first-order valence-electron chi connectivity index (χ1n) is 11.3. The van der Waals surface area contributed by atoms with Crippen LogP contribution in [0.5, 0.6) is 0 Å². The van der Waals surface area contributed by atoms with Crippen LogP contribution in [0.4, 0.5) is 5.69 Å². The van der Waals surface area contributed by atoms with E-state index in [9.17, 15) is 18.0 Å². The molecule has 1 aromatic heterocycles. The molecule has 4 rings (SSSR count). The molecule has 1 saturated heterocycles. The Morgan fingerprint density at radius 1 is 1.00 bits per heavy atom. The number of hydrogen-bond donors (Lipinski definition) is 1. The van der Waals surface area contributed by atoms with Gasteiger partial charge >= 0.3 is 0 Å². The highest BCUT2D eigenvalue weighted by Gasteiger charge is 2.26. The van der Waals surface area contributed by atoms with Crippen LogP contribution < -0.4 is 10.9 Å². The number of aromatic nitrogens is 1. The van der Waals surface area contributed by atoms with E-state index >= 15 is 0 Å². The van der Waals surface area contributed by atoms with Crippen molar-refractivity contribution in [3.8, 4) is 0 Å². The summed E-state index contributed by atoms with van der Waals surface area (Å²) in [6, 6.07) is 11.8. The first kappa shape index (κ1) is 24.1. The quantitative estimate of drug-likeness (QED) is 0.581. The van der Waals surface area contributed by atoms with Crippen LogP contribution in [0.3, 0.4) is 0 Å². The third kappa shape index (κ3) is 4.91. The summed E-state index contributed by atoms with van der Waals surface area (Å²) < 4.78 is 33.8. The first-order chi connectivity index (χ1) is 16.2. The second-order valence-electron chi connectivity index (χ2n) is 8.63. The first-order valence-corrected chi connectivity index (χ1v) is 12.7. The SMILES string of the molecule is Cc1cc(C)c2c(c1)c(C)cc(=O)n2CCC(=O)Nc1ccc(S(=O)(=O)N2CCOCC2)cc1. The number of rotatable bonds is 6. The molecule has 2 heterocycles. The van der Waals surface area contributed by atoms with E-state index < -0.39 is 10.0 Å². The van der Waals surface area contributed by atoms with Crippen LogP contribution in [0.25, 0.3) is 10.9 Å². The summed E-state index contributed by atoms with van der Waals surface area (Å²) >= 11 is 0. The minimum atomic E-state index is -3.59. The highest BCUT2D eigenvalue weighted by molar-refractivity contribution is 7.89. The fraction of sp³-hybridized carbons (Fsp3) is 0.360. The number of nitrogens with one attached hydrogen (secondary N) is 1. The number of anilines is 1. The van der Waals surface area contributed by atoms with Gasteiger partial charge in [-0.2, -0.15) is 4.31 Å². The second-order valence-corrected chi connectivity index (χ2v) is 10.6. The molecule has 1 N–H and O–H groups in total.